The summed E-state index contributed by atoms with van der Waals surface area (Å²) in [6.45, 7) is 0. The molecule has 2 aromatic rings. The van der Waals surface area contributed by atoms with E-state index in [4.69, 9.17) is 0 Å². The summed E-state index contributed by atoms with van der Waals surface area (Å²) in [5.41, 5.74) is 2.22. The van der Waals surface area contributed by atoms with E-state index in [1.54, 1.807) is 0 Å². The average molecular weight is 188 g/mol. The molecule has 1 aromatic heterocycles. The molecule has 1 aliphatic carbocycles. The Kier molecular flexibility index (Phi) is 1.19. The molecule has 1 aliphatic rings. The maximum Gasteiger partial charge on any atom is 0.215 e. The van der Waals surface area contributed by atoms with E-state index in [1.165, 1.54) is 11.5 Å². The van der Waals surface area contributed by atoms with Crippen LogP contribution in [0, 0.1) is 0 Å². The Morgan fingerprint density at radius 2 is 1.92 bits per heavy atom. The third kappa shape index (κ3) is 0.754. The highest BCUT2D eigenvalue weighted by Gasteiger charge is 2.29. The Morgan fingerprint density at radius 3 is 2.77 bits per heavy atom. The zero-order valence-corrected chi connectivity index (χ0v) is 7.34. The van der Waals surface area contributed by atoms with E-state index in [9.17, 15) is 4.79 Å². The normalized spacial score (nSPS) is 12.8. The molecule has 1 heterocycles. The summed E-state index contributed by atoms with van der Waals surface area (Å²) >= 11 is 1.28. The van der Waals surface area contributed by atoms with Crippen LogP contribution in [0.25, 0.3) is 10.4 Å². The maximum atomic E-state index is 11.7. The van der Waals surface area contributed by atoms with Crippen molar-refractivity contribution in [3.63, 3.8) is 0 Å². The highest BCUT2D eigenvalue weighted by Crippen LogP contribution is 2.37. The SMILES string of the molecule is O=C1c2ccccc2-c2snnc21. The van der Waals surface area contributed by atoms with Crippen LogP contribution in [0.5, 0.6) is 0 Å². The number of ketones is 1. The number of rotatable bonds is 0. The molecule has 62 valence electrons. The van der Waals surface area contributed by atoms with E-state index in [0.717, 1.165) is 16.0 Å². The number of fused-ring (bicyclic) bond motifs is 3. The van der Waals surface area contributed by atoms with E-state index in [-0.39, 0.29) is 5.78 Å². The van der Waals surface area contributed by atoms with Gasteiger partial charge in [-0.25, -0.2) is 0 Å². The van der Waals surface area contributed by atoms with Gasteiger partial charge in [-0.15, -0.1) is 5.10 Å². The van der Waals surface area contributed by atoms with E-state index < -0.39 is 0 Å². The molecule has 0 fully saturated rings. The van der Waals surface area contributed by atoms with E-state index in [2.05, 4.69) is 9.59 Å². The summed E-state index contributed by atoms with van der Waals surface area (Å²) in [4.78, 5) is 12.6. The molecule has 4 heteroatoms. The van der Waals surface area contributed by atoms with Crippen molar-refractivity contribution in [3.05, 3.63) is 35.5 Å². The van der Waals surface area contributed by atoms with Crippen LogP contribution in [0.3, 0.4) is 0 Å². The van der Waals surface area contributed by atoms with Crippen LogP contribution in [0.2, 0.25) is 0 Å². The maximum absolute atomic E-state index is 11.7. The predicted octanol–water partition coefficient (Wildman–Crippen LogP) is 1.75. The van der Waals surface area contributed by atoms with Gasteiger partial charge < -0.3 is 0 Å². The molecule has 13 heavy (non-hydrogen) atoms. The molecule has 0 saturated carbocycles. The Bertz CT molecular complexity index is 504. The van der Waals surface area contributed by atoms with Crippen molar-refractivity contribution in [2.24, 2.45) is 0 Å². The van der Waals surface area contributed by atoms with E-state index in [1.807, 2.05) is 24.3 Å². The van der Waals surface area contributed by atoms with Gasteiger partial charge in [0.05, 0.1) is 4.88 Å². The van der Waals surface area contributed by atoms with Gasteiger partial charge in [0.1, 0.15) is 0 Å². The van der Waals surface area contributed by atoms with Crippen LogP contribution in [0.15, 0.2) is 24.3 Å². The minimum absolute atomic E-state index is 0.000602. The number of carbonyl (C=O) groups is 1. The molecule has 0 aliphatic heterocycles. The Morgan fingerprint density at radius 1 is 1.15 bits per heavy atom. The van der Waals surface area contributed by atoms with Crippen LogP contribution < -0.4 is 0 Å². The standard InChI is InChI=1S/C9H4N2OS/c12-8-5-3-1-2-4-6(5)9-7(8)10-11-13-9/h1-4H. The average Bonchev–Trinajstić information content (AvgIpc) is 2.72. The monoisotopic (exact) mass is 188 g/mol. The van der Waals surface area contributed by atoms with Gasteiger partial charge in [0, 0.05) is 11.1 Å². The zero-order chi connectivity index (χ0) is 8.84. The lowest BCUT2D eigenvalue weighted by Crippen LogP contribution is -1.96. The number of carbonyl (C=O) groups excluding carboxylic acids is 1. The van der Waals surface area contributed by atoms with Crippen LogP contribution in [0.1, 0.15) is 16.1 Å². The summed E-state index contributed by atoms with van der Waals surface area (Å²) in [7, 11) is 0. The first-order valence-electron chi connectivity index (χ1n) is 3.84. The third-order valence-electron chi connectivity index (χ3n) is 2.12. The molecular formula is C9H4N2OS. The third-order valence-corrected chi connectivity index (χ3v) is 2.88. The first kappa shape index (κ1) is 6.91. The van der Waals surface area contributed by atoms with Gasteiger partial charge >= 0.3 is 0 Å². The molecule has 0 N–H and O–H groups in total. The first-order valence-corrected chi connectivity index (χ1v) is 4.62. The van der Waals surface area contributed by atoms with Gasteiger partial charge in [0.2, 0.25) is 5.78 Å². The van der Waals surface area contributed by atoms with Gasteiger partial charge in [-0.05, 0) is 11.5 Å². The lowest BCUT2D eigenvalue weighted by Gasteiger charge is -1.93. The number of benzene rings is 1. The fourth-order valence-corrected chi connectivity index (χ4v) is 2.22. The molecule has 1 aromatic carbocycles. The molecule has 0 spiro atoms. The van der Waals surface area contributed by atoms with Gasteiger partial charge in [0.15, 0.2) is 5.69 Å². The largest absolute Gasteiger partial charge is 0.287 e. The molecular weight excluding hydrogens is 184 g/mol. The van der Waals surface area contributed by atoms with E-state index >= 15 is 0 Å². The summed E-state index contributed by atoms with van der Waals surface area (Å²) in [5.74, 6) is -0.000602. The van der Waals surface area contributed by atoms with Gasteiger partial charge in [-0.1, -0.05) is 28.8 Å². The zero-order valence-electron chi connectivity index (χ0n) is 6.52. The Balaban J connectivity index is 2.43. The van der Waals surface area contributed by atoms with Crippen molar-refractivity contribution in [1.82, 2.24) is 9.59 Å². The molecule has 0 radical (unpaired) electrons. The molecule has 3 rings (SSSR count). The van der Waals surface area contributed by atoms with Gasteiger partial charge in [-0.3, -0.25) is 4.79 Å². The number of nitrogens with zero attached hydrogens (tertiary/aromatic N) is 2. The second kappa shape index (κ2) is 2.23. The van der Waals surface area contributed by atoms with Crippen LogP contribution in [-0.4, -0.2) is 15.4 Å². The van der Waals surface area contributed by atoms with E-state index in [0.29, 0.717) is 5.69 Å². The number of hydrogen-bond acceptors (Lipinski definition) is 4. The first-order chi connectivity index (χ1) is 6.38. The van der Waals surface area contributed by atoms with Crippen molar-refractivity contribution in [2.45, 2.75) is 0 Å². The molecule has 0 saturated heterocycles. The predicted molar refractivity (Wildman–Crippen MR) is 48.8 cm³/mol. The fourth-order valence-electron chi connectivity index (χ4n) is 1.52. The van der Waals surface area contributed by atoms with Crippen LogP contribution in [-0.2, 0) is 0 Å². The smallest absolute Gasteiger partial charge is 0.215 e. The second-order valence-corrected chi connectivity index (χ2v) is 3.58. The summed E-state index contributed by atoms with van der Waals surface area (Å²) in [6, 6.07) is 7.53. The van der Waals surface area contributed by atoms with Gasteiger partial charge in [-0.2, -0.15) is 0 Å². The Hall–Kier alpha value is -1.55. The lowest BCUT2D eigenvalue weighted by molar-refractivity contribution is 0.103. The highest BCUT2D eigenvalue weighted by molar-refractivity contribution is 7.10. The topological polar surface area (TPSA) is 42.9 Å². The number of hydrogen-bond donors (Lipinski definition) is 0. The van der Waals surface area contributed by atoms with Crippen molar-refractivity contribution < 1.29 is 4.79 Å². The molecule has 3 nitrogen and oxygen atoms in total. The second-order valence-electron chi connectivity index (χ2n) is 2.83. The quantitative estimate of drug-likeness (QED) is 0.539. The fraction of sp³-hybridized carbons (Fsp3) is 0. The highest BCUT2D eigenvalue weighted by atomic mass is 32.1. The van der Waals surface area contributed by atoms with Crippen molar-refractivity contribution in [1.29, 1.82) is 0 Å². The molecule has 0 amide bonds. The summed E-state index contributed by atoms with van der Waals surface area (Å²) in [6.07, 6.45) is 0. The van der Waals surface area contributed by atoms with Crippen LogP contribution >= 0.6 is 11.5 Å². The summed E-state index contributed by atoms with van der Waals surface area (Å²) in [5, 5.41) is 3.81. The van der Waals surface area contributed by atoms with Gasteiger partial charge in [0.25, 0.3) is 0 Å². The van der Waals surface area contributed by atoms with Crippen molar-refractivity contribution in [2.75, 3.05) is 0 Å². The minimum atomic E-state index is -0.000602. The summed E-state index contributed by atoms with van der Waals surface area (Å²) < 4.78 is 3.76. The minimum Gasteiger partial charge on any atom is -0.287 e. The molecule has 0 bridgehead atoms. The van der Waals surface area contributed by atoms with Crippen LogP contribution in [0.4, 0.5) is 0 Å². The molecule has 0 atom stereocenters. The van der Waals surface area contributed by atoms with Crippen molar-refractivity contribution >= 4 is 17.3 Å². The number of aromatic nitrogens is 2. The van der Waals surface area contributed by atoms with Crippen molar-refractivity contribution in [3.8, 4) is 10.4 Å². The Labute approximate surface area is 78.2 Å². The lowest BCUT2D eigenvalue weighted by atomic mass is 10.1. The molecule has 0 unspecified atom stereocenters.